The summed E-state index contributed by atoms with van der Waals surface area (Å²) < 4.78 is 5.19. The summed E-state index contributed by atoms with van der Waals surface area (Å²) in [5, 5.41) is 9.61. The van der Waals surface area contributed by atoms with E-state index in [0.29, 0.717) is 18.5 Å². The van der Waals surface area contributed by atoms with Crippen LogP contribution in [-0.4, -0.2) is 29.7 Å². The summed E-state index contributed by atoms with van der Waals surface area (Å²) in [6, 6.07) is 6.94. The van der Waals surface area contributed by atoms with Gasteiger partial charge < -0.3 is 14.7 Å². The van der Waals surface area contributed by atoms with Gasteiger partial charge in [-0.1, -0.05) is 18.2 Å². The van der Waals surface area contributed by atoms with Gasteiger partial charge in [-0.3, -0.25) is 0 Å². The normalized spacial score (nSPS) is 21.3. The van der Waals surface area contributed by atoms with Gasteiger partial charge in [0, 0.05) is 25.6 Å². The molecule has 1 aromatic carbocycles. The number of hydrogen-bond donors (Lipinski definition) is 1. The van der Waals surface area contributed by atoms with E-state index in [1.165, 1.54) is 4.90 Å². The van der Waals surface area contributed by atoms with Crippen molar-refractivity contribution in [2.24, 2.45) is 0 Å². The van der Waals surface area contributed by atoms with Gasteiger partial charge in [-0.25, -0.2) is 4.79 Å². The van der Waals surface area contributed by atoms with Crippen molar-refractivity contribution in [1.29, 1.82) is 0 Å². The Balaban J connectivity index is 2.19. The summed E-state index contributed by atoms with van der Waals surface area (Å²) in [5.74, 6) is 0.180. The van der Waals surface area contributed by atoms with Crippen LogP contribution in [0.4, 0.5) is 4.79 Å². The summed E-state index contributed by atoms with van der Waals surface area (Å²) in [6.45, 7) is 0.651. The molecule has 4 nitrogen and oxygen atoms in total. The Morgan fingerprint density at radius 3 is 2.87 bits per heavy atom. The number of cyclic esters (lactones) is 1. The van der Waals surface area contributed by atoms with Crippen LogP contribution < -0.4 is 0 Å². The molecule has 4 heteroatoms. The maximum Gasteiger partial charge on any atom is 0.410 e. The molecular weight excluding hydrogens is 194 g/mol. The van der Waals surface area contributed by atoms with Crippen molar-refractivity contribution < 1.29 is 14.6 Å². The lowest BCUT2D eigenvalue weighted by Crippen LogP contribution is -2.35. The quantitative estimate of drug-likeness (QED) is 0.765. The van der Waals surface area contributed by atoms with E-state index in [0.717, 1.165) is 0 Å². The zero-order valence-electron chi connectivity index (χ0n) is 8.51. The average Bonchev–Trinajstić information content (AvgIpc) is 2.23. The van der Waals surface area contributed by atoms with Crippen LogP contribution in [0.5, 0.6) is 5.75 Å². The molecule has 0 aromatic heterocycles. The minimum absolute atomic E-state index is 0.180. The summed E-state index contributed by atoms with van der Waals surface area (Å²) >= 11 is 0. The average molecular weight is 207 g/mol. The number of hydrogen-bond acceptors (Lipinski definition) is 3. The second-order valence-electron chi connectivity index (χ2n) is 3.64. The molecule has 1 amide bonds. The van der Waals surface area contributed by atoms with Crippen molar-refractivity contribution in [3.63, 3.8) is 0 Å². The number of carbonyl (C=O) groups excluding carboxylic acids is 1. The molecule has 1 fully saturated rings. The standard InChI is InChI=1S/C11H13NO3/c1-12-7-6-10(15-11(12)14)8-4-2-3-5-9(8)13/h2-5,10,13H,6-7H2,1H3. The van der Waals surface area contributed by atoms with Crippen molar-refractivity contribution in [2.45, 2.75) is 12.5 Å². The molecule has 0 aliphatic carbocycles. The summed E-state index contributed by atoms with van der Waals surface area (Å²) in [4.78, 5) is 12.8. The number of ether oxygens (including phenoxy) is 1. The topological polar surface area (TPSA) is 49.8 Å². The SMILES string of the molecule is CN1CCC(c2ccccc2O)OC1=O. The highest BCUT2D eigenvalue weighted by Crippen LogP contribution is 2.31. The van der Waals surface area contributed by atoms with E-state index in [4.69, 9.17) is 4.74 Å². The van der Waals surface area contributed by atoms with Crippen molar-refractivity contribution >= 4 is 6.09 Å². The first kappa shape index (κ1) is 9.83. The Kier molecular flexibility index (Phi) is 2.49. The summed E-state index contributed by atoms with van der Waals surface area (Å²) in [6.07, 6.45) is 0.0456. The van der Waals surface area contributed by atoms with Crippen molar-refractivity contribution in [1.82, 2.24) is 4.90 Å². The van der Waals surface area contributed by atoms with Crippen molar-refractivity contribution in [2.75, 3.05) is 13.6 Å². The maximum atomic E-state index is 11.3. The van der Waals surface area contributed by atoms with Crippen molar-refractivity contribution in [3.05, 3.63) is 29.8 Å². The van der Waals surface area contributed by atoms with E-state index in [1.54, 1.807) is 25.2 Å². The minimum atomic E-state index is -0.338. The Morgan fingerprint density at radius 2 is 2.20 bits per heavy atom. The maximum absolute atomic E-state index is 11.3. The second-order valence-corrected chi connectivity index (χ2v) is 3.64. The van der Waals surface area contributed by atoms with Gasteiger partial charge in [-0.2, -0.15) is 0 Å². The van der Waals surface area contributed by atoms with Crippen LogP contribution >= 0.6 is 0 Å². The van der Waals surface area contributed by atoms with Gasteiger partial charge in [0.25, 0.3) is 0 Å². The van der Waals surface area contributed by atoms with Gasteiger partial charge in [0.1, 0.15) is 11.9 Å². The zero-order chi connectivity index (χ0) is 10.8. The fourth-order valence-electron chi connectivity index (χ4n) is 1.65. The molecule has 0 bridgehead atoms. The predicted molar refractivity (Wildman–Crippen MR) is 54.6 cm³/mol. The van der Waals surface area contributed by atoms with E-state index in [9.17, 15) is 9.90 Å². The molecule has 1 unspecified atom stereocenters. The molecule has 80 valence electrons. The highest BCUT2D eigenvalue weighted by atomic mass is 16.6. The first-order valence-electron chi connectivity index (χ1n) is 4.88. The number of aromatic hydroxyl groups is 1. The number of para-hydroxylation sites is 1. The fraction of sp³-hybridized carbons (Fsp3) is 0.364. The first-order valence-corrected chi connectivity index (χ1v) is 4.88. The van der Waals surface area contributed by atoms with Gasteiger partial charge in [0.05, 0.1) is 0 Å². The molecule has 0 saturated carbocycles. The van der Waals surface area contributed by atoms with Crippen LogP contribution in [0.3, 0.4) is 0 Å². The number of rotatable bonds is 1. The van der Waals surface area contributed by atoms with Crippen LogP contribution in [0, 0.1) is 0 Å². The van der Waals surface area contributed by atoms with Gasteiger partial charge in [-0.15, -0.1) is 0 Å². The van der Waals surface area contributed by atoms with E-state index < -0.39 is 0 Å². The van der Waals surface area contributed by atoms with Crippen LogP contribution in [0.15, 0.2) is 24.3 Å². The minimum Gasteiger partial charge on any atom is -0.508 e. The molecule has 1 atom stereocenters. The monoisotopic (exact) mass is 207 g/mol. The lowest BCUT2D eigenvalue weighted by molar-refractivity contribution is 0.0315. The number of phenols is 1. The Hall–Kier alpha value is -1.71. The number of amides is 1. The fourth-order valence-corrected chi connectivity index (χ4v) is 1.65. The van der Waals surface area contributed by atoms with E-state index in [2.05, 4.69) is 0 Å². The molecule has 1 N–H and O–H groups in total. The Bertz CT molecular complexity index is 378. The summed E-state index contributed by atoms with van der Waals surface area (Å²) in [5.41, 5.74) is 0.680. The largest absolute Gasteiger partial charge is 0.508 e. The van der Waals surface area contributed by atoms with Gasteiger partial charge in [-0.05, 0) is 6.07 Å². The molecule has 2 rings (SSSR count). The molecule has 1 aromatic rings. The van der Waals surface area contributed by atoms with Gasteiger partial charge in [0.15, 0.2) is 0 Å². The second kappa shape index (κ2) is 3.81. The molecule has 0 radical (unpaired) electrons. The molecule has 1 aliphatic rings. The van der Waals surface area contributed by atoms with Crippen LogP contribution in [0.2, 0.25) is 0 Å². The molecule has 1 aliphatic heterocycles. The van der Waals surface area contributed by atoms with Crippen LogP contribution in [0.1, 0.15) is 18.1 Å². The van der Waals surface area contributed by atoms with Crippen molar-refractivity contribution in [3.8, 4) is 5.75 Å². The number of phenolic OH excluding ortho intramolecular Hbond substituents is 1. The molecular formula is C11H13NO3. The third kappa shape index (κ3) is 1.88. The number of benzene rings is 1. The predicted octanol–water partition coefficient (Wildman–Crippen LogP) is 1.91. The summed E-state index contributed by atoms with van der Waals surface area (Å²) in [7, 11) is 1.70. The lowest BCUT2D eigenvalue weighted by atomic mass is 10.0. The highest BCUT2D eigenvalue weighted by molar-refractivity contribution is 5.68. The third-order valence-corrected chi connectivity index (χ3v) is 2.57. The molecule has 1 saturated heterocycles. The van der Waals surface area contributed by atoms with E-state index >= 15 is 0 Å². The molecule has 15 heavy (non-hydrogen) atoms. The van der Waals surface area contributed by atoms with Crippen LogP contribution in [-0.2, 0) is 4.74 Å². The molecule has 1 heterocycles. The van der Waals surface area contributed by atoms with Crippen LogP contribution in [0.25, 0.3) is 0 Å². The first-order chi connectivity index (χ1) is 7.18. The zero-order valence-corrected chi connectivity index (χ0v) is 8.51. The molecule has 0 spiro atoms. The van der Waals surface area contributed by atoms with E-state index in [-0.39, 0.29) is 17.9 Å². The Morgan fingerprint density at radius 1 is 1.47 bits per heavy atom. The van der Waals surface area contributed by atoms with Gasteiger partial charge in [0.2, 0.25) is 0 Å². The third-order valence-electron chi connectivity index (χ3n) is 2.57. The van der Waals surface area contributed by atoms with Gasteiger partial charge >= 0.3 is 6.09 Å². The number of carbonyl (C=O) groups is 1. The lowest BCUT2D eigenvalue weighted by Gasteiger charge is -2.29. The highest BCUT2D eigenvalue weighted by Gasteiger charge is 2.27. The smallest absolute Gasteiger partial charge is 0.410 e. The van der Waals surface area contributed by atoms with E-state index in [1.807, 2.05) is 6.07 Å². The number of nitrogens with zero attached hydrogens (tertiary/aromatic N) is 1. The Labute approximate surface area is 88.1 Å².